The summed E-state index contributed by atoms with van der Waals surface area (Å²) in [6.45, 7) is 6.97. The number of ether oxygens (including phenoxy) is 1. The molecule has 1 aromatic carbocycles. The molecular weight excluding hydrogens is 320 g/mol. The van der Waals surface area contributed by atoms with Gasteiger partial charge in [-0.3, -0.25) is 4.90 Å². The predicted molar refractivity (Wildman–Crippen MR) is 92.3 cm³/mol. The highest BCUT2D eigenvalue weighted by molar-refractivity contribution is 5.70. The fourth-order valence-corrected chi connectivity index (χ4v) is 2.90. The first-order valence-corrected chi connectivity index (χ1v) is 8.75. The zero-order chi connectivity index (χ0) is 17.6. The standard InChI is InChI=1S/C18H24N4O3/c1-3-16-19-20-17(25-16)14(2)21-10-7-11-22(13-12-21)18(23)24-15-8-5-4-6-9-15/h4-6,8-9,14H,3,7,10-13H2,1-2H3/t14-/m1/s1. The number of benzene rings is 1. The molecule has 1 saturated heterocycles. The second-order valence-electron chi connectivity index (χ2n) is 6.12. The summed E-state index contributed by atoms with van der Waals surface area (Å²) >= 11 is 0. The summed E-state index contributed by atoms with van der Waals surface area (Å²) in [4.78, 5) is 16.4. The molecule has 7 heteroatoms. The molecule has 0 bridgehead atoms. The van der Waals surface area contributed by atoms with Gasteiger partial charge in [-0.2, -0.15) is 0 Å². The Labute approximate surface area is 147 Å². The number of amides is 1. The first kappa shape index (κ1) is 17.4. The first-order valence-electron chi connectivity index (χ1n) is 8.75. The van der Waals surface area contributed by atoms with Gasteiger partial charge in [0.2, 0.25) is 11.8 Å². The van der Waals surface area contributed by atoms with Crippen LogP contribution in [0.25, 0.3) is 0 Å². The lowest BCUT2D eigenvalue weighted by molar-refractivity contribution is 0.149. The molecule has 0 spiro atoms. The Hall–Kier alpha value is -2.41. The van der Waals surface area contributed by atoms with E-state index in [9.17, 15) is 4.79 Å². The molecule has 0 saturated carbocycles. The van der Waals surface area contributed by atoms with Crippen molar-refractivity contribution in [1.29, 1.82) is 0 Å². The molecule has 7 nitrogen and oxygen atoms in total. The highest BCUT2D eigenvalue weighted by atomic mass is 16.6. The molecule has 134 valence electrons. The fraction of sp³-hybridized carbons (Fsp3) is 0.500. The molecule has 1 atom stereocenters. The minimum absolute atomic E-state index is 0.0397. The minimum atomic E-state index is -0.299. The smallest absolute Gasteiger partial charge is 0.415 e. The summed E-state index contributed by atoms with van der Waals surface area (Å²) in [5.41, 5.74) is 0. The molecule has 3 rings (SSSR count). The van der Waals surface area contributed by atoms with Gasteiger partial charge in [-0.25, -0.2) is 4.79 Å². The third-order valence-electron chi connectivity index (χ3n) is 4.43. The average Bonchev–Trinajstić information content (AvgIpc) is 2.98. The van der Waals surface area contributed by atoms with Crippen LogP contribution in [0.2, 0.25) is 0 Å². The van der Waals surface area contributed by atoms with Crippen LogP contribution in [0.4, 0.5) is 4.79 Å². The third-order valence-corrected chi connectivity index (χ3v) is 4.43. The van der Waals surface area contributed by atoms with Crippen LogP contribution in [0.5, 0.6) is 5.75 Å². The lowest BCUT2D eigenvalue weighted by Crippen LogP contribution is -2.37. The molecule has 0 radical (unpaired) electrons. The molecule has 1 aliphatic heterocycles. The summed E-state index contributed by atoms with van der Waals surface area (Å²) in [6.07, 6.45) is 1.31. The van der Waals surface area contributed by atoms with Crippen LogP contribution in [0.15, 0.2) is 34.7 Å². The lowest BCUT2D eigenvalue weighted by atomic mass is 10.2. The summed E-state index contributed by atoms with van der Waals surface area (Å²) < 4.78 is 11.1. The Bertz CT molecular complexity index is 689. The van der Waals surface area contributed by atoms with E-state index in [0.717, 1.165) is 25.9 Å². The van der Waals surface area contributed by atoms with Gasteiger partial charge in [0, 0.05) is 32.6 Å². The topological polar surface area (TPSA) is 71.7 Å². The summed E-state index contributed by atoms with van der Waals surface area (Å²) in [5.74, 6) is 1.86. The van der Waals surface area contributed by atoms with Gasteiger partial charge in [0.25, 0.3) is 0 Å². The Morgan fingerprint density at radius 3 is 2.72 bits per heavy atom. The van der Waals surface area contributed by atoms with Crippen molar-refractivity contribution in [2.75, 3.05) is 26.2 Å². The molecule has 25 heavy (non-hydrogen) atoms. The van der Waals surface area contributed by atoms with E-state index >= 15 is 0 Å². The molecule has 1 aliphatic rings. The summed E-state index contributed by atoms with van der Waals surface area (Å²) in [7, 11) is 0. The molecular formula is C18H24N4O3. The zero-order valence-electron chi connectivity index (χ0n) is 14.7. The Balaban J connectivity index is 1.57. The average molecular weight is 344 g/mol. The van der Waals surface area contributed by atoms with Crippen molar-refractivity contribution in [2.24, 2.45) is 0 Å². The molecule has 2 heterocycles. The summed E-state index contributed by atoms with van der Waals surface area (Å²) in [5, 5.41) is 8.18. The van der Waals surface area contributed by atoms with Gasteiger partial charge in [0.05, 0.1) is 6.04 Å². The minimum Gasteiger partial charge on any atom is -0.424 e. The highest BCUT2D eigenvalue weighted by Gasteiger charge is 2.26. The largest absolute Gasteiger partial charge is 0.424 e. The zero-order valence-corrected chi connectivity index (χ0v) is 14.7. The van der Waals surface area contributed by atoms with Crippen molar-refractivity contribution < 1.29 is 13.9 Å². The molecule has 1 fully saturated rings. The fourth-order valence-electron chi connectivity index (χ4n) is 2.90. The molecule has 1 aromatic heterocycles. The van der Waals surface area contributed by atoms with Gasteiger partial charge < -0.3 is 14.1 Å². The van der Waals surface area contributed by atoms with Crippen LogP contribution in [-0.4, -0.2) is 52.3 Å². The molecule has 2 aromatic rings. The lowest BCUT2D eigenvalue weighted by Gasteiger charge is -2.25. The molecule has 1 amide bonds. The Kier molecular flexibility index (Phi) is 5.65. The highest BCUT2D eigenvalue weighted by Crippen LogP contribution is 2.21. The van der Waals surface area contributed by atoms with E-state index in [0.29, 0.717) is 30.6 Å². The predicted octanol–water partition coefficient (Wildman–Crippen LogP) is 2.90. The van der Waals surface area contributed by atoms with E-state index in [1.807, 2.05) is 25.1 Å². The van der Waals surface area contributed by atoms with Crippen LogP contribution in [-0.2, 0) is 6.42 Å². The Morgan fingerprint density at radius 1 is 1.20 bits per heavy atom. The second-order valence-corrected chi connectivity index (χ2v) is 6.12. The van der Waals surface area contributed by atoms with E-state index in [1.165, 1.54) is 0 Å². The van der Waals surface area contributed by atoms with Gasteiger partial charge in [0.15, 0.2) is 0 Å². The van der Waals surface area contributed by atoms with Crippen molar-refractivity contribution in [1.82, 2.24) is 20.0 Å². The van der Waals surface area contributed by atoms with Gasteiger partial charge in [0.1, 0.15) is 5.75 Å². The van der Waals surface area contributed by atoms with E-state index < -0.39 is 0 Å². The van der Waals surface area contributed by atoms with Crippen molar-refractivity contribution in [3.8, 4) is 5.75 Å². The number of aromatic nitrogens is 2. The van der Waals surface area contributed by atoms with Gasteiger partial charge >= 0.3 is 6.09 Å². The van der Waals surface area contributed by atoms with Gasteiger partial charge in [-0.1, -0.05) is 25.1 Å². The number of carbonyl (C=O) groups is 1. The van der Waals surface area contributed by atoms with E-state index in [1.54, 1.807) is 17.0 Å². The first-order chi connectivity index (χ1) is 12.2. The van der Waals surface area contributed by atoms with E-state index in [4.69, 9.17) is 9.15 Å². The van der Waals surface area contributed by atoms with Crippen molar-refractivity contribution in [3.05, 3.63) is 42.1 Å². The second kappa shape index (κ2) is 8.11. The maximum absolute atomic E-state index is 12.4. The number of aryl methyl sites for hydroxylation is 1. The maximum Gasteiger partial charge on any atom is 0.415 e. The number of carbonyl (C=O) groups excluding carboxylic acids is 1. The number of rotatable bonds is 4. The van der Waals surface area contributed by atoms with E-state index in [2.05, 4.69) is 22.0 Å². The summed E-state index contributed by atoms with van der Waals surface area (Å²) in [6, 6.07) is 9.20. The number of hydrogen-bond acceptors (Lipinski definition) is 6. The maximum atomic E-state index is 12.4. The molecule has 0 unspecified atom stereocenters. The van der Waals surface area contributed by atoms with Gasteiger partial charge in [-0.05, 0) is 25.5 Å². The van der Waals surface area contributed by atoms with Crippen LogP contribution >= 0.6 is 0 Å². The molecule has 0 aliphatic carbocycles. The van der Waals surface area contributed by atoms with Crippen LogP contribution in [0.3, 0.4) is 0 Å². The van der Waals surface area contributed by atoms with Crippen molar-refractivity contribution in [3.63, 3.8) is 0 Å². The number of para-hydroxylation sites is 1. The molecule has 0 N–H and O–H groups in total. The normalized spacial score (nSPS) is 17.1. The van der Waals surface area contributed by atoms with Crippen LogP contribution < -0.4 is 4.74 Å². The number of hydrogen-bond donors (Lipinski definition) is 0. The third kappa shape index (κ3) is 4.36. The monoisotopic (exact) mass is 344 g/mol. The van der Waals surface area contributed by atoms with Crippen molar-refractivity contribution in [2.45, 2.75) is 32.7 Å². The van der Waals surface area contributed by atoms with Gasteiger partial charge in [-0.15, -0.1) is 10.2 Å². The SMILES string of the molecule is CCc1nnc([C@@H](C)N2CCCN(C(=O)Oc3ccccc3)CC2)o1. The van der Waals surface area contributed by atoms with Crippen LogP contribution in [0, 0.1) is 0 Å². The van der Waals surface area contributed by atoms with Crippen LogP contribution in [0.1, 0.15) is 38.1 Å². The number of nitrogens with zero attached hydrogens (tertiary/aromatic N) is 4. The van der Waals surface area contributed by atoms with Crippen molar-refractivity contribution >= 4 is 6.09 Å². The Morgan fingerprint density at radius 2 is 2.00 bits per heavy atom. The quantitative estimate of drug-likeness (QED) is 0.849. The van der Waals surface area contributed by atoms with E-state index in [-0.39, 0.29) is 12.1 Å².